The van der Waals surface area contributed by atoms with E-state index in [1.54, 1.807) is 0 Å². The topological polar surface area (TPSA) is 59.1 Å². The predicted molar refractivity (Wildman–Crippen MR) is 97.9 cm³/mol. The summed E-state index contributed by atoms with van der Waals surface area (Å²) in [7, 11) is 3.26. The lowest BCUT2D eigenvalue weighted by molar-refractivity contribution is -0.152. The lowest BCUT2D eigenvalue weighted by Crippen LogP contribution is -2.47. The Bertz CT molecular complexity index is 675. The van der Waals surface area contributed by atoms with Crippen molar-refractivity contribution < 1.29 is 19.1 Å². The molecule has 0 spiro atoms. The predicted octanol–water partition coefficient (Wildman–Crippen LogP) is 2.12. The van der Waals surface area contributed by atoms with E-state index >= 15 is 0 Å². The van der Waals surface area contributed by atoms with E-state index in [0.717, 1.165) is 5.56 Å². The standard InChI is InChI=1S/C19H25ClN2O4/c1-19(18(24)25-3)12-15(17(23)22-8-10-26-11-9-22)16(21(19)2)13-4-6-14(20)7-5-13/h4-7,15-16H,8-12H2,1-3H3/t15-,16-,19-/m0/s1. The first-order valence-corrected chi connectivity index (χ1v) is 9.19. The van der Waals surface area contributed by atoms with Crippen molar-refractivity contribution in [2.75, 3.05) is 40.5 Å². The lowest BCUT2D eigenvalue weighted by Gasteiger charge is -2.34. The maximum Gasteiger partial charge on any atom is 0.326 e. The summed E-state index contributed by atoms with van der Waals surface area (Å²) in [5.41, 5.74) is 0.113. The van der Waals surface area contributed by atoms with Gasteiger partial charge in [0.15, 0.2) is 0 Å². The highest BCUT2D eigenvalue weighted by molar-refractivity contribution is 6.30. The zero-order valence-electron chi connectivity index (χ0n) is 15.4. The minimum atomic E-state index is -0.855. The molecule has 2 saturated heterocycles. The molecule has 2 aliphatic heterocycles. The molecule has 2 heterocycles. The number of benzene rings is 1. The van der Waals surface area contributed by atoms with Crippen molar-refractivity contribution in [2.24, 2.45) is 5.92 Å². The van der Waals surface area contributed by atoms with Gasteiger partial charge in [0.05, 0.1) is 26.2 Å². The molecule has 3 rings (SSSR count). The van der Waals surface area contributed by atoms with Crippen LogP contribution in [-0.4, -0.2) is 67.7 Å². The molecule has 0 N–H and O–H groups in total. The van der Waals surface area contributed by atoms with Crippen molar-refractivity contribution in [3.8, 4) is 0 Å². The molecule has 3 atom stereocenters. The molecule has 142 valence electrons. The fraction of sp³-hybridized carbons (Fsp3) is 0.579. The summed E-state index contributed by atoms with van der Waals surface area (Å²) in [6.45, 7) is 4.11. The normalized spacial score (nSPS) is 29.6. The number of methoxy groups -OCH3 is 1. The van der Waals surface area contributed by atoms with Crippen LogP contribution >= 0.6 is 11.6 Å². The third-order valence-electron chi connectivity index (χ3n) is 5.67. The van der Waals surface area contributed by atoms with E-state index in [-0.39, 0.29) is 23.8 Å². The number of hydrogen-bond acceptors (Lipinski definition) is 5. The molecule has 0 aliphatic carbocycles. The van der Waals surface area contributed by atoms with Crippen LogP contribution in [0.3, 0.4) is 0 Å². The summed E-state index contributed by atoms with van der Waals surface area (Å²) in [6.07, 6.45) is 0.416. The fourth-order valence-electron chi connectivity index (χ4n) is 4.06. The molecule has 1 amide bonds. The van der Waals surface area contributed by atoms with Gasteiger partial charge in [-0.1, -0.05) is 23.7 Å². The number of halogens is 1. The average molecular weight is 381 g/mol. The maximum absolute atomic E-state index is 13.3. The smallest absolute Gasteiger partial charge is 0.326 e. The molecular weight excluding hydrogens is 356 g/mol. The average Bonchev–Trinajstić information content (AvgIpc) is 2.94. The summed E-state index contributed by atoms with van der Waals surface area (Å²) in [6, 6.07) is 7.26. The number of likely N-dealkylation sites (N-methyl/N-ethyl adjacent to an activating group) is 1. The Kier molecular flexibility index (Phi) is 5.55. The van der Waals surface area contributed by atoms with Crippen molar-refractivity contribution in [1.29, 1.82) is 0 Å². The highest BCUT2D eigenvalue weighted by Gasteiger charge is 2.55. The molecule has 0 saturated carbocycles. The van der Waals surface area contributed by atoms with E-state index in [0.29, 0.717) is 37.7 Å². The second-order valence-electron chi connectivity index (χ2n) is 7.12. The summed E-state index contributed by atoms with van der Waals surface area (Å²) in [5, 5.41) is 0.640. The van der Waals surface area contributed by atoms with Crippen LogP contribution in [0.1, 0.15) is 24.9 Å². The largest absolute Gasteiger partial charge is 0.468 e. The zero-order chi connectivity index (χ0) is 18.9. The fourth-order valence-corrected chi connectivity index (χ4v) is 4.19. The van der Waals surface area contributed by atoms with Gasteiger partial charge in [-0.2, -0.15) is 0 Å². The number of carbonyl (C=O) groups excluding carboxylic acids is 2. The van der Waals surface area contributed by atoms with E-state index in [9.17, 15) is 9.59 Å². The Hall–Kier alpha value is -1.63. The number of nitrogens with zero attached hydrogens (tertiary/aromatic N) is 2. The van der Waals surface area contributed by atoms with E-state index in [1.165, 1.54) is 7.11 Å². The van der Waals surface area contributed by atoms with Crippen LogP contribution < -0.4 is 0 Å². The summed E-state index contributed by atoms with van der Waals surface area (Å²) in [4.78, 5) is 29.6. The van der Waals surface area contributed by atoms with Crippen molar-refractivity contribution >= 4 is 23.5 Å². The molecule has 7 heteroatoms. The molecular formula is C19H25ClN2O4. The molecule has 2 aliphatic rings. The maximum atomic E-state index is 13.3. The third-order valence-corrected chi connectivity index (χ3v) is 5.92. The van der Waals surface area contributed by atoms with Crippen LogP contribution in [0.15, 0.2) is 24.3 Å². The molecule has 2 fully saturated rings. The first kappa shape index (κ1) is 19.1. The monoisotopic (exact) mass is 380 g/mol. The van der Waals surface area contributed by atoms with Crippen LogP contribution in [0.25, 0.3) is 0 Å². The molecule has 0 aromatic heterocycles. The molecule has 1 aromatic carbocycles. The van der Waals surface area contributed by atoms with Crippen molar-refractivity contribution in [3.05, 3.63) is 34.9 Å². The molecule has 0 bridgehead atoms. The van der Waals surface area contributed by atoms with E-state index < -0.39 is 5.54 Å². The Morgan fingerprint density at radius 3 is 2.42 bits per heavy atom. The van der Waals surface area contributed by atoms with Crippen LogP contribution in [0, 0.1) is 5.92 Å². The summed E-state index contributed by atoms with van der Waals surface area (Å²) < 4.78 is 10.4. The van der Waals surface area contributed by atoms with Crippen LogP contribution in [0.5, 0.6) is 0 Å². The third kappa shape index (κ3) is 3.33. The van der Waals surface area contributed by atoms with E-state index in [1.807, 2.05) is 48.0 Å². The Morgan fingerprint density at radius 2 is 1.85 bits per heavy atom. The Balaban J connectivity index is 1.96. The van der Waals surface area contributed by atoms with Crippen molar-refractivity contribution in [3.63, 3.8) is 0 Å². The van der Waals surface area contributed by atoms with Gasteiger partial charge in [-0.15, -0.1) is 0 Å². The number of amides is 1. The number of rotatable bonds is 3. The van der Waals surface area contributed by atoms with Crippen molar-refractivity contribution in [1.82, 2.24) is 9.80 Å². The van der Waals surface area contributed by atoms with Gasteiger partial charge in [-0.05, 0) is 38.1 Å². The van der Waals surface area contributed by atoms with Gasteiger partial charge in [-0.3, -0.25) is 14.5 Å². The highest BCUT2D eigenvalue weighted by Crippen LogP contribution is 2.47. The lowest BCUT2D eigenvalue weighted by atomic mass is 9.89. The van der Waals surface area contributed by atoms with Crippen LogP contribution in [0.2, 0.25) is 5.02 Å². The van der Waals surface area contributed by atoms with Gasteiger partial charge in [-0.25, -0.2) is 0 Å². The van der Waals surface area contributed by atoms with Gasteiger partial charge in [0.25, 0.3) is 0 Å². The number of ether oxygens (including phenoxy) is 2. The number of likely N-dealkylation sites (tertiary alicyclic amines) is 1. The Labute approximate surface area is 159 Å². The first-order chi connectivity index (χ1) is 12.4. The van der Waals surface area contributed by atoms with E-state index in [2.05, 4.69) is 0 Å². The highest BCUT2D eigenvalue weighted by atomic mass is 35.5. The van der Waals surface area contributed by atoms with Gasteiger partial charge < -0.3 is 14.4 Å². The minimum Gasteiger partial charge on any atom is -0.468 e. The first-order valence-electron chi connectivity index (χ1n) is 8.82. The summed E-state index contributed by atoms with van der Waals surface area (Å²) in [5.74, 6) is -0.590. The second kappa shape index (κ2) is 7.55. The molecule has 0 radical (unpaired) electrons. The van der Waals surface area contributed by atoms with Gasteiger partial charge in [0, 0.05) is 24.2 Å². The van der Waals surface area contributed by atoms with Gasteiger partial charge in [0.1, 0.15) is 5.54 Å². The second-order valence-corrected chi connectivity index (χ2v) is 7.56. The van der Waals surface area contributed by atoms with Crippen LogP contribution in [0.4, 0.5) is 0 Å². The quantitative estimate of drug-likeness (QED) is 0.752. The van der Waals surface area contributed by atoms with E-state index in [4.69, 9.17) is 21.1 Å². The minimum absolute atomic E-state index is 0.0627. The number of morpholine rings is 1. The molecule has 0 unspecified atom stereocenters. The van der Waals surface area contributed by atoms with Gasteiger partial charge >= 0.3 is 5.97 Å². The number of hydrogen-bond donors (Lipinski definition) is 0. The SMILES string of the molecule is COC(=O)[C@]1(C)C[C@H](C(=O)N2CCOCC2)[C@H](c2ccc(Cl)cc2)N1C. The van der Waals surface area contributed by atoms with Gasteiger partial charge in [0.2, 0.25) is 5.91 Å². The zero-order valence-corrected chi connectivity index (χ0v) is 16.2. The number of esters is 1. The molecule has 6 nitrogen and oxygen atoms in total. The molecule has 1 aromatic rings. The summed E-state index contributed by atoms with van der Waals surface area (Å²) >= 11 is 6.03. The van der Waals surface area contributed by atoms with Crippen LogP contribution in [-0.2, 0) is 19.1 Å². The van der Waals surface area contributed by atoms with Crippen molar-refractivity contribution in [2.45, 2.75) is 24.9 Å². The molecule has 26 heavy (non-hydrogen) atoms. The Morgan fingerprint density at radius 1 is 1.23 bits per heavy atom. The number of carbonyl (C=O) groups is 2.